The molecule has 1 N–H and O–H groups in total. The van der Waals surface area contributed by atoms with Gasteiger partial charge in [-0.15, -0.1) is 0 Å². The molecule has 1 aromatic carbocycles. The molecule has 0 fully saturated rings. The number of hydrogen-bond acceptors (Lipinski definition) is 2. The maximum atomic E-state index is 10.2. The van der Waals surface area contributed by atoms with E-state index in [-0.39, 0.29) is 0 Å². The molecular formula is C14H18N2O. The van der Waals surface area contributed by atoms with Crippen molar-refractivity contribution in [3.05, 3.63) is 53.3 Å². The van der Waals surface area contributed by atoms with Gasteiger partial charge >= 0.3 is 0 Å². The van der Waals surface area contributed by atoms with E-state index >= 15 is 0 Å². The molecule has 0 bridgehead atoms. The Balaban J connectivity index is 2.24. The van der Waals surface area contributed by atoms with Gasteiger partial charge in [-0.05, 0) is 23.6 Å². The van der Waals surface area contributed by atoms with Gasteiger partial charge in [-0.1, -0.05) is 37.6 Å². The molecule has 3 nitrogen and oxygen atoms in total. The van der Waals surface area contributed by atoms with Crippen LogP contribution in [-0.2, 0) is 13.5 Å². The number of hydrogen-bond donors (Lipinski definition) is 1. The number of aliphatic hydroxyl groups excluding tert-OH is 1. The molecular weight excluding hydrogens is 212 g/mol. The molecule has 1 unspecified atom stereocenters. The van der Waals surface area contributed by atoms with Crippen molar-refractivity contribution in [3.8, 4) is 0 Å². The van der Waals surface area contributed by atoms with E-state index in [9.17, 15) is 5.11 Å². The minimum Gasteiger partial charge on any atom is -0.382 e. The summed E-state index contributed by atoms with van der Waals surface area (Å²) >= 11 is 0. The Hall–Kier alpha value is -1.61. The normalized spacial score (nSPS) is 12.6. The summed E-state index contributed by atoms with van der Waals surface area (Å²) in [6.07, 6.45) is 3.37. The van der Waals surface area contributed by atoms with Crippen LogP contribution in [0.3, 0.4) is 0 Å². The third-order valence-corrected chi connectivity index (χ3v) is 2.82. The van der Waals surface area contributed by atoms with Crippen molar-refractivity contribution in [3.63, 3.8) is 0 Å². The van der Waals surface area contributed by atoms with Crippen LogP contribution < -0.4 is 0 Å². The maximum absolute atomic E-state index is 10.2. The maximum Gasteiger partial charge on any atom is 0.123 e. The van der Waals surface area contributed by atoms with E-state index in [2.05, 4.69) is 24.2 Å². The molecule has 1 heterocycles. The molecule has 2 aromatic rings. The lowest BCUT2D eigenvalue weighted by molar-refractivity contribution is 0.214. The van der Waals surface area contributed by atoms with Crippen molar-refractivity contribution in [1.29, 1.82) is 0 Å². The summed E-state index contributed by atoms with van der Waals surface area (Å²) < 4.78 is 1.70. The molecule has 0 saturated heterocycles. The minimum absolute atomic E-state index is 0.631. The number of benzene rings is 1. The van der Waals surface area contributed by atoms with Crippen molar-refractivity contribution in [2.24, 2.45) is 7.05 Å². The summed E-state index contributed by atoms with van der Waals surface area (Å²) in [7, 11) is 1.85. The molecule has 1 aromatic heterocycles. The van der Waals surface area contributed by atoms with Crippen LogP contribution in [0.5, 0.6) is 0 Å². The van der Waals surface area contributed by atoms with Crippen LogP contribution >= 0.6 is 0 Å². The van der Waals surface area contributed by atoms with Crippen molar-refractivity contribution < 1.29 is 5.11 Å². The predicted octanol–water partition coefficient (Wildman–Crippen LogP) is 2.45. The van der Waals surface area contributed by atoms with Crippen LogP contribution in [0.1, 0.15) is 36.3 Å². The standard InChI is InChI=1S/C14H18N2O/c1-3-5-11-6-4-7-12(10-11)14(17)13-8-9-16(2)15-13/h4,6-10,14,17H,3,5H2,1-2H3. The Morgan fingerprint density at radius 2 is 2.18 bits per heavy atom. The summed E-state index contributed by atoms with van der Waals surface area (Å²) in [6.45, 7) is 2.15. The Morgan fingerprint density at radius 3 is 2.82 bits per heavy atom. The molecule has 0 saturated carbocycles. The highest BCUT2D eigenvalue weighted by Crippen LogP contribution is 2.21. The first-order chi connectivity index (χ1) is 8.20. The smallest absolute Gasteiger partial charge is 0.123 e. The molecule has 0 aliphatic carbocycles. The largest absolute Gasteiger partial charge is 0.382 e. The molecule has 2 rings (SSSR count). The molecule has 0 radical (unpaired) electrons. The average Bonchev–Trinajstić information content (AvgIpc) is 2.76. The van der Waals surface area contributed by atoms with Gasteiger partial charge in [0.15, 0.2) is 0 Å². The van der Waals surface area contributed by atoms with E-state index in [0.29, 0.717) is 5.69 Å². The highest BCUT2D eigenvalue weighted by Gasteiger charge is 2.13. The van der Waals surface area contributed by atoms with Gasteiger partial charge in [0, 0.05) is 13.2 Å². The molecule has 0 amide bonds. The predicted molar refractivity (Wildman–Crippen MR) is 67.7 cm³/mol. The quantitative estimate of drug-likeness (QED) is 0.876. The van der Waals surface area contributed by atoms with E-state index in [4.69, 9.17) is 0 Å². The van der Waals surface area contributed by atoms with Crippen molar-refractivity contribution in [2.45, 2.75) is 25.9 Å². The van der Waals surface area contributed by atoms with Crippen LogP contribution in [0.4, 0.5) is 0 Å². The highest BCUT2D eigenvalue weighted by molar-refractivity contribution is 5.29. The zero-order valence-corrected chi connectivity index (χ0v) is 10.3. The van der Waals surface area contributed by atoms with Crippen LogP contribution in [0.2, 0.25) is 0 Å². The zero-order chi connectivity index (χ0) is 12.3. The van der Waals surface area contributed by atoms with Crippen molar-refractivity contribution in [2.75, 3.05) is 0 Å². The lowest BCUT2D eigenvalue weighted by atomic mass is 10.0. The molecule has 0 spiro atoms. The van der Waals surface area contributed by atoms with Gasteiger partial charge in [0.25, 0.3) is 0 Å². The van der Waals surface area contributed by atoms with Gasteiger partial charge in [-0.25, -0.2) is 0 Å². The zero-order valence-electron chi connectivity index (χ0n) is 10.3. The lowest BCUT2D eigenvalue weighted by Gasteiger charge is -2.09. The summed E-state index contributed by atoms with van der Waals surface area (Å²) in [5.74, 6) is 0. The van der Waals surface area contributed by atoms with Gasteiger partial charge < -0.3 is 5.11 Å². The van der Waals surface area contributed by atoms with E-state index in [1.165, 1.54) is 5.56 Å². The Morgan fingerprint density at radius 1 is 1.35 bits per heavy atom. The second-order valence-electron chi connectivity index (χ2n) is 4.31. The van der Waals surface area contributed by atoms with E-state index in [1.54, 1.807) is 4.68 Å². The van der Waals surface area contributed by atoms with Crippen LogP contribution in [-0.4, -0.2) is 14.9 Å². The summed E-state index contributed by atoms with van der Waals surface area (Å²) in [4.78, 5) is 0. The molecule has 0 aliphatic rings. The van der Waals surface area contributed by atoms with Gasteiger partial charge in [0.1, 0.15) is 6.10 Å². The number of rotatable bonds is 4. The van der Waals surface area contributed by atoms with E-state index in [0.717, 1.165) is 18.4 Å². The summed E-state index contributed by atoms with van der Waals surface area (Å²) in [5.41, 5.74) is 2.87. The van der Waals surface area contributed by atoms with Crippen LogP contribution in [0.25, 0.3) is 0 Å². The fraction of sp³-hybridized carbons (Fsp3) is 0.357. The lowest BCUT2D eigenvalue weighted by Crippen LogP contribution is -2.02. The van der Waals surface area contributed by atoms with Crippen molar-refractivity contribution >= 4 is 0 Å². The minimum atomic E-state index is -0.631. The van der Waals surface area contributed by atoms with E-state index in [1.807, 2.05) is 31.4 Å². The second-order valence-corrected chi connectivity index (χ2v) is 4.31. The van der Waals surface area contributed by atoms with Gasteiger partial charge in [-0.3, -0.25) is 4.68 Å². The third-order valence-electron chi connectivity index (χ3n) is 2.82. The first-order valence-electron chi connectivity index (χ1n) is 5.97. The number of aromatic nitrogens is 2. The second kappa shape index (κ2) is 5.15. The fourth-order valence-corrected chi connectivity index (χ4v) is 1.96. The Bertz CT molecular complexity index is 490. The van der Waals surface area contributed by atoms with Crippen LogP contribution in [0.15, 0.2) is 36.5 Å². The Kier molecular flexibility index (Phi) is 3.59. The van der Waals surface area contributed by atoms with E-state index < -0.39 is 6.10 Å². The monoisotopic (exact) mass is 230 g/mol. The molecule has 3 heteroatoms. The number of aliphatic hydroxyl groups is 1. The van der Waals surface area contributed by atoms with Crippen LogP contribution in [0, 0.1) is 0 Å². The molecule has 90 valence electrons. The summed E-state index contributed by atoms with van der Waals surface area (Å²) in [5, 5.41) is 14.5. The average molecular weight is 230 g/mol. The Labute approximate surface area is 102 Å². The highest BCUT2D eigenvalue weighted by atomic mass is 16.3. The first-order valence-corrected chi connectivity index (χ1v) is 5.97. The summed E-state index contributed by atoms with van der Waals surface area (Å²) in [6, 6.07) is 9.93. The number of aryl methyl sites for hydroxylation is 2. The number of nitrogens with zero attached hydrogens (tertiary/aromatic N) is 2. The molecule has 17 heavy (non-hydrogen) atoms. The molecule has 0 aliphatic heterocycles. The third kappa shape index (κ3) is 2.74. The first kappa shape index (κ1) is 11.9. The SMILES string of the molecule is CCCc1cccc(C(O)c2ccn(C)n2)c1. The van der Waals surface area contributed by atoms with Gasteiger partial charge in [-0.2, -0.15) is 5.10 Å². The van der Waals surface area contributed by atoms with Crippen molar-refractivity contribution in [1.82, 2.24) is 9.78 Å². The van der Waals surface area contributed by atoms with Gasteiger partial charge in [0.2, 0.25) is 0 Å². The molecule has 1 atom stereocenters. The topological polar surface area (TPSA) is 38.0 Å². The van der Waals surface area contributed by atoms with Gasteiger partial charge in [0.05, 0.1) is 5.69 Å². The fourth-order valence-electron chi connectivity index (χ4n) is 1.96.